The Morgan fingerprint density at radius 1 is 1.22 bits per heavy atom. The number of ether oxygens (including phenoxy) is 1. The van der Waals surface area contributed by atoms with Crippen LogP contribution >= 0.6 is 11.8 Å². The Kier molecular flexibility index (Phi) is 6.53. The van der Waals surface area contributed by atoms with Crippen LogP contribution in [0.1, 0.15) is 30.5 Å². The number of hydrogen-bond acceptors (Lipinski definition) is 3. The van der Waals surface area contributed by atoms with E-state index < -0.39 is 0 Å². The summed E-state index contributed by atoms with van der Waals surface area (Å²) in [6.07, 6.45) is 0.498. The molecule has 23 heavy (non-hydrogen) atoms. The lowest BCUT2D eigenvalue weighted by atomic mass is 10.0. The van der Waals surface area contributed by atoms with Gasteiger partial charge >= 0.3 is 0 Å². The number of rotatable bonds is 7. The smallest absolute Gasteiger partial charge is 0.221 e. The molecule has 0 radical (unpaired) electrons. The molecule has 1 N–H and O–H groups in total. The Hall–Kier alpha value is -1.94. The molecular weight excluding hydrogens is 306 g/mol. The number of aryl methyl sites for hydroxylation is 1. The van der Waals surface area contributed by atoms with Gasteiger partial charge < -0.3 is 10.1 Å². The molecule has 2 rings (SSSR count). The van der Waals surface area contributed by atoms with Gasteiger partial charge in [0.05, 0.1) is 13.2 Å². The number of carbonyl (C=O) groups is 1. The molecule has 0 aliphatic heterocycles. The molecule has 0 fully saturated rings. The number of carbonyl (C=O) groups excluding carboxylic acids is 1. The highest BCUT2D eigenvalue weighted by Crippen LogP contribution is 2.26. The molecule has 0 aromatic heterocycles. The summed E-state index contributed by atoms with van der Waals surface area (Å²) >= 11 is 1.70. The maximum absolute atomic E-state index is 12.1. The number of amides is 1. The van der Waals surface area contributed by atoms with Gasteiger partial charge in [0.15, 0.2) is 0 Å². The van der Waals surface area contributed by atoms with Crippen LogP contribution in [0, 0.1) is 6.92 Å². The second kappa shape index (κ2) is 8.63. The van der Waals surface area contributed by atoms with Crippen molar-refractivity contribution in [2.75, 3.05) is 12.9 Å². The third-order valence-corrected chi connectivity index (χ3v) is 4.58. The summed E-state index contributed by atoms with van der Waals surface area (Å²) < 4.78 is 5.39. The standard InChI is InChI=1S/C19H23NO2S/c1-14-9-10-18(22-3)17(13-14)15(2)20-19(21)11-12-23-16-7-5-4-6-8-16/h4-10,13,15H,11-12H2,1-3H3,(H,20,21)/t15-/m0/s1. The van der Waals surface area contributed by atoms with Crippen LogP contribution in [0.5, 0.6) is 5.75 Å². The average molecular weight is 329 g/mol. The Balaban J connectivity index is 1.86. The van der Waals surface area contributed by atoms with Crippen LogP contribution in [-0.2, 0) is 4.79 Å². The van der Waals surface area contributed by atoms with Gasteiger partial charge in [-0.3, -0.25) is 4.79 Å². The van der Waals surface area contributed by atoms with Gasteiger partial charge in [0.25, 0.3) is 0 Å². The van der Waals surface area contributed by atoms with Crippen molar-refractivity contribution in [1.29, 1.82) is 0 Å². The van der Waals surface area contributed by atoms with Crippen LogP contribution in [0.15, 0.2) is 53.4 Å². The number of thioether (sulfide) groups is 1. The van der Waals surface area contributed by atoms with Gasteiger partial charge in [-0.15, -0.1) is 11.8 Å². The highest BCUT2D eigenvalue weighted by Gasteiger charge is 2.14. The Labute approximate surface area is 142 Å². The van der Waals surface area contributed by atoms with E-state index in [1.165, 1.54) is 4.90 Å². The fourth-order valence-electron chi connectivity index (χ4n) is 2.36. The number of methoxy groups -OCH3 is 1. The minimum atomic E-state index is -0.0703. The Morgan fingerprint density at radius 2 is 1.96 bits per heavy atom. The molecule has 0 saturated heterocycles. The van der Waals surface area contributed by atoms with E-state index >= 15 is 0 Å². The number of benzene rings is 2. The molecule has 2 aromatic rings. The molecule has 0 spiro atoms. The predicted octanol–water partition coefficient (Wildman–Crippen LogP) is 4.36. The average Bonchev–Trinajstić information content (AvgIpc) is 2.55. The predicted molar refractivity (Wildman–Crippen MR) is 96.1 cm³/mol. The van der Waals surface area contributed by atoms with E-state index in [0.29, 0.717) is 6.42 Å². The third-order valence-electron chi connectivity index (χ3n) is 3.57. The van der Waals surface area contributed by atoms with Crippen molar-refractivity contribution in [1.82, 2.24) is 5.32 Å². The molecule has 2 aromatic carbocycles. The molecular formula is C19H23NO2S. The first-order valence-electron chi connectivity index (χ1n) is 7.72. The lowest BCUT2D eigenvalue weighted by Crippen LogP contribution is -2.27. The fraction of sp³-hybridized carbons (Fsp3) is 0.316. The summed E-state index contributed by atoms with van der Waals surface area (Å²) in [5.74, 6) is 1.64. The molecule has 0 heterocycles. The van der Waals surface area contributed by atoms with E-state index in [1.54, 1.807) is 18.9 Å². The van der Waals surface area contributed by atoms with Gasteiger partial charge in [-0.2, -0.15) is 0 Å². The first kappa shape index (κ1) is 17.4. The first-order valence-corrected chi connectivity index (χ1v) is 8.70. The molecule has 4 heteroatoms. The first-order chi connectivity index (χ1) is 11.1. The molecule has 122 valence electrons. The van der Waals surface area contributed by atoms with E-state index in [0.717, 1.165) is 22.6 Å². The van der Waals surface area contributed by atoms with E-state index in [-0.39, 0.29) is 11.9 Å². The zero-order valence-electron chi connectivity index (χ0n) is 13.8. The fourth-order valence-corrected chi connectivity index (χ4v) is 3.23. The zero-order chi connectivity index (χ0) is 16.7. The van der Waals surface area contributed by atoms with Gasteiger partial charge in [-0.1, -0.05) is 35.9 Å². The third kappa shape index (κ3) is 5.32. The van der Waals surface area contributed by atoms with Crippen molar-refractivity contribution >= 4 is 17.7 Å². The van der Waals surface area contributed by atoms with Crippen LogP contribution in [0.4, 0.5) is 0 Å². The van der Waals surface area contributed by atoms with Gasteiger partial charge in [0.2, 0.25) is 5.91 Å². The van der Waals surface area contributed by atoms with Gasteiger partial charge in [0, 0.05) is 22.6 Å². The van der Waals surface area contributed by atoms with Crippen molar-refractivity contribution in [2.24, 2.45) is 0 Å². The van der Waals surface area contributed by atoms with Crippen LogP contribution in [0.3, 0.4) is 0 Å². The number of nitrogens with one attached hydrogen (secondary N) is 1. The molecule has 0 bridgehead atoms. The summed E-state index contributed by atoms with van der Waals surface area (Å²) in [7, 11) is 1.65. The van der Waals surface area contributed by atoms with Crippen molar-refractivity contribution in [2.45, 2.75) is 31.2 Å². The van der Waals surface area contributed by atoms with Crippen molar-refractivity contribution < 1.29 is 9.53 Å². The van der Waals surface area contributed by atoms with Gasteiger partial charge in [-0.05, 0) is 32.0 Å². The largest absolute Gasteiger partial charge is 0.496 e. The maximum atomic E-state index is 12.1. The molecule has 1 amide bonds. The molecule has 0 saturated carbocycles. The molecule has 0 aliphatic carbocycles. The van der Waals surface area contributed by atoms with Crippen LogP contribution in [-0.4, -0.2) is 18.8 Å². The van der Waals surface area contributed by atoms with Crippen molar-refractivity contribution in [3.63, 3.8) is 0 Å². The summed E-state index contributed by atoms with van der Waals surface area (Å²) in [6.45, 7) is 4.02. The summed E-state index contributed by atoms with van der Waals surface area (Å²) in [5.41, 5.74) is 2.16. The lowest BCUT2D eigenvalue weighted by Gasteiger charge is -2.18. The quantitative estimate of drug-likeness (QED) is 0.767. The SMILES string of the molecule is COc1ccc(C)cc1[C@H](C)NC(=O)CCSc1ccccc1. The van der Waals surface area contributed by atoms with Crippen molar-refractivity contribution in [3.05, 3.63) is 59.7 Å². The van der Waals surface area contributed by atoms with E-state index in [9.17, 15) is 4.79 Å². The van der Waals surface area contributed by atoms with Crippen LogP contribution < -0.4 is 10.1 Å². The highest BCUT2D eigenvalue weighted by atomic mass is 32.2. The second-order valence-corrected chi connectivity index (χ2v) is 6.61. The summed E-state index contributed by atoms with van der Waals surface area (Å²) in [5, 5.41) is 3.05. The maximum Gasteiger partial charge on any atom is 0.221 e. The zero-order valence-corrected chi connectivity index (χ0v) is 14.7. The van der Waals surface area contributed by atoms with Gasteiger partial charge in [0.1, 0.15) is 5.75 Å². The monoisotopic (exact) mass is 329 g/mol. The summed E-state index contributed by atoms with van der Waals surface area (Å²) in [4.78, 5) is 13.3. The molecule has 0 unspecified atom stereocenters. The van der Waals surface area contributed by atoms with E-state index in [1.807, 2.05) is 44.2 Å². The van der Waals surface area contributed by atoms with Crippen LogP contribution in [0.2, 0.25) is 0 Å². The van der Waals surface area contributed by atoms with Gasteiger partial charge in [-0.25, -0.2) is 0 Å². The lowest BCUT2D eigenvalue weighted by molar-refractivity contribution is -0.121. The van der Waals surface area contributed by atoms with E-state index in [2.05, 4.69) is 23.5 Å². The Morgan fingerprint density at radius 3 is 2.65 bits per heavy atom. The minimum Gasteiger partial charge on any atom is -0.496 e. The topological polar surface area (TPSA) is 38.3 Å². The summed E-state index contributed by atoms with van der Waals surface area (Å²) in [6, 6.07) is 16.1. The molecule has 3 nitrogen and oxygen atoms in total. The second-order valence-electron chi connectivity index (χ2n) is 5.45. The van der Waals surface area contributed by atoms with Crippen molar-refractivity contribution in [3.8, 4) is 5.75 Å². The molecule has 0 aliphatic rings. The van der Waals surface area contributed by atoms with Crippen LogP contribution in [0.25, 0.3) is 0 Å². The van der Waals surface area contributed by atoms with E-state index in [4.69, 9.17) is 4.74 Å². The molecule has 1 atom stereocenters. The Bertz CT molecular complexity index is 643. The minimum absolute atomic E-state index is 0.0597. The normalized spacial score (nSPS) is 11.8. The number of hydrogen-bond donors (Lipinski definition) is 1. The highest BCUT2D eigenvalue weighted by molar-refractivity contribution is 7.99.